The Hall–Kier alpha value is -9.51. The molecule has 0 bridgehead atoms. The zero-order chi connectivity index (χ0) is 49.1. The molecule has 3 heterocycles. The quantitative estimate of drug-likeness (QED) is 0.149. The monoisotopic (exact) mass is 944 g/mol. The van der Waals surface area contributed by atoms with Gasteiger partial charge in [0.1, 0.15) is 0 Å². The number of pyridine rings is 1. The molecular weight excluding hydrogens is 897 g/mol. The zero-order valence-corrected chi connectivity index (χ0v) is 41.0. The Balaban J connectivity index is 0.876. The fraction of sp³-hybridized carbons (Fsp3) is 0.0429. The Kier molecular flexibility index (Phi) is 9.27. The minimum absolute atomic E-state index is 0.149. The average molecular weight is 945 g/mol. The number of hydrogen-bond acceptors (Lipinski definition) is 2. The summed E-state index contributed by atoms with van der Waals surface area (Å²) in [5.74, 6) is 0. The lowest BCUT2D eigenvalue weighted by Crippen LogP contribution is -2.16. The number of rotatable bonds is 7. The van der Waals surface area contributed by atoms with Gasteiger partial charge in [-0.3, -0.25) is 0 Å². The minimum Gasteiger partial charge on any atom is -0.310 e. The van der Waals surface area contributed by atoms with Gasteiger partial charge in [-0.1, -0.05) is 178 Å². The van der Waals surface area contributed by atoms with Crippen molar-refractivity contribution >= 4 is 82.3 Å². The van der Waals surface area contributed by atoms with Gasteiger partial charge in [-0.15, -0.1) is 0 Å². The predicted octanol–water partition coefficient (Wildman–Crippen LogP) is 18.7. The van der Waals surface area contributed by atoms with Crippen molar-refractivity contribution in [2.45, 2.75) is 19.3 Å². The summed E-state index contributed by atoms with van der Waals surface area (Å²) >= 11 is 0. The van der Waals surface area contributed by atoms with E-state index < -0.39 is 0 Å². The number of benzene rings is 11. The highest BCUT2D eigenvalue weighted by molar-refractivity contribution is 6.29. The van der Waals surface area contributed by atoms with Gasteiger partial charge in [-0.25, -0.2) is 4.98 Å². The molecule has 4 nitrogen and oxygen atoms in total. The number of anilines is 3. The lowest BCUT2D eigenvalue weighted by Gasteiger charge is -2.28. The highest BCUT2D eigenvalue weighted by Gasteiger charge is 2.36. The lowest BCUT2D eigenvalue weighted by atomic mass is 9.82. The smallest absolute Gasteiger partial charge is 0.0788 e. The van der Waals surface area contributed by atoms with E-state index in [-0.39, 0.29) is 5.41 Å². The molecular formula is C70H48N4. The molecule has 11 aromatic carbocycles. The molecule has 0 saturated heterocycles. The van der Waals surface area contributed by atoms with Crippen LogP contribution in [-0.2, 0) is 5.41 Å². The number of para-hydroxylation sites is 5. The second-order valence-corrected chi connectivity index (χ2v) is 20.3. The molecule has 0 N–H and O–H groups in total. The fourth-order valence-electron chi connectivity index (χ4n) is 12.4. The molecule has 0 atom stereocenters. The molecule has 3 aromatic heterocycles. The summed E-state index contributed by atoms with van der Waals surface area (Å²) in [7, 11) is 0. The van der Waals surface area contributed by atoms with Gasteiger partial charge >= 0.3 is 0 Å². The van der Waals surface area contributed by atoms with Gasteiger partial charge in [-0.2, -0.15) is 0 Å². The molecule has 0 saturated carbocycles. The van der Waals surface area contributed by atoms with Gasteiger partial charge in [0, 0.05) is 77.1 Å². The Labute approximate surface area is 429 Å². The maximum absolute atomic E-state index is 5.46. The maximum Gasteiger partial charge on any atom is 0.0788 e. The Morgan fingerprint density at radius 1 is 0.338 bits per heavy atom. The van der Waals surface area contributed by atoms with Gasteiger partial charge in [0.25, 0.3) is 0 Å². The van der Waals surface area contributed by atoms with E-state index in [4.69, 9.17) is 4.98 Å². The maximum atomic E-state index is 5.46. The van der Waals surface area contributed by atoms with E-state index in [2.05, 4.69) is 283 Å². The third-order valence-corrected chi connectivity index (χ3v) is 15.9. The van der Waals surface area contributed by atoms with Crippen molar-refractivity contribution in [3.8, 4) is 44.9 Å². The van der Waals surface area contributed by atoms with Crippen molar-refractivity contribution in [2.75, 3.05) is 4.90 Å². The van der Waals surface area contributed by atoms with Crippen LogP contribution >= 0.6 is 0 Å². The normalized spacial score (nSPS) is 12.8. The van der Waals surface area contributed by atoms with Crippen molar-refractivity contribution in [2.24, 2.45) is 0 Å². The Bertz CT molecular complexity index is 4540. The van der Waals surface area contributed by atoms with Gasteiger partial charge in [0.2, 0.25) is 0 Å². The van der Waals surface area contributed by atoms with Gasteiger partial charge < -0.3 is 14.0 Å². The van der Waals surface area contributed by atoms with Crippen LogP contribution in [0, 0.1) is 0 Å². The fourth-order valence-corrected chi connectivity index (χ4v) is 12.4. The molecule has 0 spiro atoms. The molecule has 0 fully saturated rings. The summed E-state index contributed by atoms with van der Waals surface area (Å²) in [6, 6.07) is 93.2. The summed E-state index contributed by atoms with van der Waals surface area (Å²) < 4.78 is 4.79. The lowest BCUT2D eigenvalue weighted by molar-refractivity contribution is 0.660. The van der Waals surface area contributed by atoms with E-state index in [1.54, 1.807) is 0 Å². The second kappa shape index (κ2) is 16.3. The first kappa shape index (κ1) is 42.2. The summed E-state index contributed by atoms with van der Waals surface area (Å²) in [5.41, 5.74) is 20.9. The highest BCUT2D eigenvalue weighted by Crippen LogP contribution is 2.51. The molecule has 0 aliphatic heterocycles. The summed E-state index contributed by atoms with van der Waals surface area (Å²) in [6.45, 7) is 4.72. The first-order valence-electron chi connectivity index (χ1n) is 25.6. The van der Waals surface area contributed by atoms with Gasteiger partial charge in [-0.05, 0) is 124 Å². The van der Waals surface area contributed by atoms with Crippen LogP contribution in [0.5, 0.6) is 0 Å². The van der Waals surface area contributed by atoms with E-state index in [9.17, 15) is 0 Å². The van der Waals surface area contributed by atoms with Crippen molar-refractivity contribution in [3.63, 3.8) is 0 Å². The number of aromatic nitrogens is 3. The summed E-state index contributed by atoms with van der Waals surface area (Å²) in [4.78, 5) is 7.88. The molecule has 74 heavy (non-hydrogen) atoms. The van der Waals surface area contributed by atoms with Crippen molar-refractivity contribution < 1.29 is 0 Å². The number of nitrogens with zero attached hydrogens (tertiary/aromatic N) is 4. The van der Waals surface area contributed by atoms with Crippen LogP contribution in [0.2, 0.25) is 0 Å². The SMILES string of the molecule is CC1(C)c2ccccc2-c2ccc(N(c3ccc(-c4ccc5c6ccccc6n(-c6ccccc6)c5c4)cc3)c3ccc(-c4nc5ccccc5c5c4ccc4c5c5ccccc5n4-c4ccccc4)cc3)cc21. The second-order valence-electron chi connectivity index (χ2n) is 20.3. The van der Waals surface area contributed by atoms with Crippen LogP contribution in [0.1, 0.15) is 25.0 Å². The molecule has 348 valence electrons. The standard InChI is InChI=1S/C70H48N4/c1-70(2)60-25-13-9-21-53(60)54-40-38-52(44-61(54)70)72(50-34-29-45(30-35-50)47-33-39-56-55-22-11-15-27-63(55)74(66(56)43-47)49-19-7-4-8-20-49)51-36-31-46(32-37-51)69-59-41-42-65-68(67(59)57-23-10-14-26-62(57)71-69)58-24-12-16-28-64(58)73(65)48-17-5-3-6-18-48/h3-44H,1-2H3. The molecule has 4 heteroatoms. The minimum atomic E-state index is -0.149. The largest absolute Gasteiger partial charge is 0.310 e. The van der Waals surface area contributed by atoms with Crippen molar-refractivity contribution in [1.82, 2.24) is 14.1 Å². The van der Waals surface area contributed by atoms with Crippen LogP contribution < -0.4 is 4.90 Å². The van der Waals surface area contributed by atoms with E-state index >= 15 is 0 Å². The average Bonchev–Trinajstić information content (AvgIpc) is 4.07. The molecule has 0 unspecified atom stereocenters. The van der Waals surface area contributed by atoms with Crippen molar-refractivity contribution in [1.29, 1.82) is 0 Å². The third-order valence-electron chi connectivity index (χ3n) is 15.9. The predicted molar refractivity (Wildman–Crippen MR) is 311 cm³/mol. The van der Waals surface area contributed by atoms with Gasteiger partial charge in [0.05, 0.1) is 33.3 Å². The third kappa shape index (κ3) is 6.31. The summed E-state index contributed by atoms with van der Waals surface area (Å²) in [6.07, 6.45) is 0. The first-order valence-corrected chi connectivity index (χ1v) is 25.6. The molecule has 15 rings (SSSR count). The van der Waals surface area contributed by atoms with Crippen LogP contribution in [0.15, 0.2) is 255 Å². The van der Waals surface area contributed by atoms with Crippen LogP contribution in [0.25, 0.3) is 110 Å². The van der Waals surface area contributed by atoms with E-state index in [0.717, 1.165) is 61.5 Å². The number of hydrogen-bond donors (Lipinski definition) is 0. The molecule has 0 radical (unpaired) electrons. The topological polar surface area (TPSA) is 26.0 Å². The highest BCUT2D eigenvalue weighted by atomic mass is 15.1. The summed E-state index contributed by atoms with van der Waals surface area (Å²) in [5, 5.41) is 8.49. The van der Waals surface area contributed by atoms with E-state index in [1.165, 1.54) is 76.8 Å². The molecule has 14 aromatic rings. The Morgan fingerprint density at radius 3 is 1.59 bits per heavy atom. The zero-order valence-electron chi connectivity index (χ0n) is 41.0. The van der Waals surface area contributed by atoms with Crippen LogP contribution in [0.4, 0.5) is 17.1 Å². The van der Waals surface area contributed by atoms with Gasteiger partial charge in [0.15, 0.2) is 0 Å². The van der Waals surface area contributed by atoms with Crippen molar-refractivity contribution in [3.05, 3.63) is 266 Å². The molecule has 1 aliphatic rings. The molecule has 1 aliphatic carbocycles. The van der Waals surface area contributed by atoms with E-state index in [0.29, 0.717) is 0 Å². The van der Waals surface area contributed by atoms with E-state index in [1.807, 2.05) is 0 Å². The van der Waals surface area contributed by atoms with Crippen LogP contribution in [-0.4, -0.2) is 14.1 Å². The number of fused-ring (bicyclic) bond motifs is 13. The molecule has 0 amide bonds. The Morgan fingerprint density at radius 2 is 0.865 bits per heavy atom. The van der Waals surface area contributed by atoms with Crippen LogP contribution in [0.3, 0.4) is 0 Å². The first-order chi connectivity index (χ1) is 36.5.